The Morgan fingerprint density at radius 2 is 1.62 bits per heavy atom. The van der Waals surface area contributed by atoms with Gasteiger partial charge in [0.05, 0.1) is 0 Å². The summed E-state index contributed by atoms with van der Waals surface area (Å²) in [6.45, 7) is 0. The van der Waals surface area contributed by atoms with Gasteiger partial charge in [-0.1, -0.05) is 0 Å². The van der Waals surface area contributed by atoms with Crippen molar-refractivity contribution in [2.24, 2.45) is 0 Å². The van der Waals surface area contributed by atoms with Gasteiger partial charge in [0.2, 0.25) is 0 Å². The predicted octanol–water partition coefficient (Wildman–Crippen LogP) is 3.02. The van der Waals surface area contributed by atoms with Crippen LogP contribution in [0.25, 0.3) is 32.8 Å². The van der Waals surface area contributed by atoms with E-state index >= 15 is 0 Å². The first-order valence-corrected chi connectivity index (χ1v) is 9.18. The van der Waals surface area contributed by atoms with Gasteiger partial charge in [-0.25, -0.2) is 0 Å². The summed E-state index contributed by atoms with van der Waals surface area (Å²) in [4.78, 5) is 4.65. The Morgan fingerprint density at radius 3 is 2.62 bits per heavy atom. The summed E-state index contributed by atoms with van der Waals surface area (Å²) >= 11 is -0.268. The van der Waals surface area contributed by atoms with E-state index in [-0.39, 0.29) is 15.4 Å². The van der Waals surface area contributed by atoms with Crippen molar-refractivity contribution in [2.45, 2.75) is 0 Å². The Bertz CT molecular complexity index is 1020. The Hall–Kier alpha value is -2.13. The molecule has 2 radical (unpaired) electrons. The molecule has 5 rings (SSSR count). The van der Waals surface area contributed by atoms with Gasteiger partial charge >= 0.3 is 129 Å². The third-order valence-electron chi connectivity index (χ3n) is 4.23. The molecule has 96 valence electrons. The second kappa shape index (κ2) is 4.18. The van der Waals surface area contributed by atoms with Gasteiger partial charge < -0.3 is 0 Å². The molecule has 1 aromatic heterocycles. The number of aromatic nitrogens is 1. The van der Waals surface area contributed by atoms with Gasteiger partial charge in [-0.15, -0.1) is 0 Å². The number of rotatable bonds is 0. The molecule has 0 saturated carbocycles. The van der Waals surface area contributed by atoms with Crippen molar-refractivity contribution in [2.75, 3.05) is 0 Å². The first kappa shape index (κ1) is 11.5. The number of nitrogens with zero attached hydrogens (tertiary/aromatic N) is 1. The zero-order valence-electron chi connectivity index (χ0n) is 11.3. The van der Waals surface area contributed by atoms with Crippen LogP contribution in [0.5, 0.6) is 0 Å². The summed E-state index contributed by atoms with van der Waals surface area (Å²) in [5, 5.41) is 4.02. The number of hydrogen-bond donors (Lipinski definition) is 0. The van der Waals surface area contributed by atoms with Gasteiger partial charge in [0.25, 0.3) is 0 Å². The molecule has 3 aromatic carbocycles. The molecule has 4 aromatic rings. The van der Waals surface area contributed by atoms with E-state index < -0.39 is 0 Å². The van der Waals surface area contributed by atoms with Crippen LogP contribution in [0.4, 0.5) is 0 Å². The first-order valence-electron chi connectivity index (χ1n) is 7.09. The molecule has 0 fully saturated rings. The Morgan fingerprint density at radius 1 is 0.762 bits per heavy atom. The van der Waals surface area contributed by atoms with E-state index in [0.717, 1.165) is 5.52 Å². The minimum absolute atomic E-state index is 0.268. The molecule has 0 spiro atoms. The summed E-state index contributed by atoms with van der Waals surface area (Å²) < 4.78 is 3.09. The molecule has 0 unspecified atom stereocenters. The SMILES string of the molecule is c1ccc2[c]3c(ccc2c1)-c1[c](ccc2cccnc12)[Ge]3. The van der Waals surface area contributed by atoms with E-state index in [4.69, 9.17) is 0 Å². The predicted molar refractivity (Wildman–Crippen MR) is 89.7 cm³/mol. The van der Waals surface area contributed by atoms with Gasteiger partial charge in [0.1, 0.15) is 0 Å². The molecule has 21 heavy (non-hydrogen) atoms. The number of pyridine rings is 1. The first-order chi connectivity index (χ1) is 10.4. The van der Waals surface area contributed by atoms with Gasteiger partial charge in [0.15, 0.2) is 0 Å². The van der Waals surface area contributed by atoms with E-state index in [0.29, 0.717) is 0 Å². The monoisotopic (exact) mass is 327 g/mol. The second-order valence-electron chi connectivity index (χ2n) is 5.40. The third-order valence-corrected chi connectivity index (χ3v) is 7.33. The van der Waals surface area contributed by atoms with Crippen molar-refractivity contribution in [3.63, 3.8) is 0 Å². The van der Waals surface area contributed by atoms with E-state index in [1.165, 1.54) is 31.7 Å². The van der Waals surface area contributed by atoms with Gasteiger partial charge in [0, 0.05) is 0 Å². The van der Waals surface area contributed by atoms with Crippen LogP contribution in [0, 0.1) is 0 Å². The Kier molecular flexibility index (Phi) is 2.30. The molecule has 2 heterocycles. The van der Waals surface area contributed by atoms with E-state index in [9.17, 15) is 0 Å². The average Bonchev–Trinajstić information content (AvgIpc) is 2.94. The fourth-order valence-electron chi connectivity index (χ4n) is 3.27. The summed E-state index contributed by atoms with van der Waals surface area (Å²) in [6, 6.07) is 22.0. The van der Waals surface area contributed by atoms with Gasteiger partial charge in [-0.05, 0) is 0 Å². The molecular formula is C19H11GeN. The molecule has 0 aliphatic carbocycles. The summed E-state index contributed by atoms with van der Waals surface area (Å²) in [7, 11) is 0. The molecule has 0 bridgehead atoms. The maximum absolute atomic E-state index is 4.65. The molecule has 1 aliphatic heterocycles. The van der Waals surface area contributed by atoms with Crippen LogP contribution in [0.2, 0.25) is 0 Å². The Labute approximate surface area is 129 Å². The van der Waals surface area contributed by atoms with E-state index in [1.54, 1.807) is 4.40 Å². The quantitative estimate of drug-likeness (QED) is 0.399. The molecular weight excluding hydrogens is 315 g/mol. The van der Waals surface area contributed by atoms with Crippen LogP contribution in [0.15, 0.2) is 66.9 Å². The number of fused-ring (bicyclic) bond motifs is 7. The van der Waals surface area contributed by atoms with Crippen molar-refractivity contribution >= 4 is 45.9 Å². The Balaban J connectivity index is 1.93. The molecule has 1 aliphatic rings. The van der Waals surface area contributed by atoms with Crippen LogP contribution in [0.1, 0.15) is 0 Å². The average molecular weight is 326 g/mol. The molecule has 0 N–H and O–H groups in total. The summed E-state index contributed by atoms with van der Waals surface area (Å²) in [6.07, 6.45) is 1.90. The fraction of sp³-hybridized carbons (Fsp3) is 0. The van der Waals surface area contributed by atoms with Crippen LogP contribution >= 0.6 is 0 Å². The van der Waals surface area contributed by atoms with Crippen molar-refractivity contribution in [1.29, 1.82) is 0 Å². The van der Waals surface area contributed by atoms with Crippen LogP contribution < -0.4 is 8.79 Å². The fourth-order valence-corrected chi connectivity index (χ4v) is 6.46. The van der Waals surface area contributed by atoms with Crippen molar-refractivity contribution < 1.29 is 0 Å². The topological polar surface area (TPSA) is 12.9 Å². The van der Waals surface area contributed by atoms with E-state index in [2.05, 4.69) is 59.6 Å². The van der Waals surface area contributed by atoms with Crippen molar-refractivity contribution in [3.05, 3.63) is 66.9 Å². The summed E-state index contributed by atoms with van der Waals surface area (Å²) in [5.41, 5.74) is 3.95. The maximum atomic E-state index is 4.65. The molecule has 0 atom stereocenters. The number of benzene rings is 3. The van der Waals surface area contributed by atoms with Crippen LogP contribution in [-0.2, 0) is 0 Å². The van der Waals surface area contributed by atoms with Crippen molar-refractivity contribution in [3.8, 4) is 11.1 Å². The second-order valence-corrected chi connectivity index (χ2v) is 8.10. The van der Waals surface area contributed by atoms with Crippen molar-refractivity contribution in [1.82, 2.24) is 4.98 Å². The standard InChI is InChI=1S/C19H11GeN/c1-2-6-14-12(4-1)7-9-15-17-16(20-18(14)15)10-8-13-5-3-11-21-19(13)17/h1-11H. The molecule has 0 amide bonds. The van der Waals surface area contributed by atoms with Crippen LogP contribution in [-0.4, -0.2) is 20.4 Å². The van der Waals surface area contributed by atoms with E-state index in [1.807, 2.05) is 12.3 Å². The van der Waals surface area contributed by atoms with Gasteiger partial charge in [-0.3, -0.25) is 0 Å². The van der Waals surface area contributed by atoms with Crippen LogP contribution in [0.3, 0.4) is 0 Å². The third kappa shape index (κ3) is 1.55. The zero-order chi connectivity index (χ0) is 13.8. The summed E-state index contributed by atoms with van der Waals surface area (Å²) in [5.74, 6) is 0. The number of hydrogen-bond acceptors (Lipinski definition) is 1. The molecule has 2 heteroatoms. The normalized spacial score (nSPS) is 12.6. The minimum atomic E-state index is -0.268. The molecule has 0 saturated heterocycles. The molecule has 1 nitrogen and oxygen atoms in total. The van der Waals surface area contributed by atoms with Gasteiger partial charge in [-0.2, -0.15) is 0 Å². The zero-order valence-corrected chi connectivity index (χ0v) is 13.4.